The number of ether oxygens (including phenoxy) is 2. The highest BCUT2D eigenvalue weighted by molar-refractivity contribution is 5.81. The van der Waals surface area contributed by atoms with E-state index < -0.39 is 0 Å². The Morgan fingerprint density at radius 3 is 2.67 bits per heavy atom. The maximum Gasteiger partial charge on any atom is 0.294 e. The first kappa shape index (κ1) is 11.1. The number of hydrogen-bond donors (Lipinski definition) is 0. The standard InChI is InChI=1S/C12H14N2O4/c15-14-9-5-6-10-12(11(9)13-18-14)17-8-4-2-1-3-7-16-10/h5-6H,1-4,7-8H2. The molecule has 3 rings (SSSR count). The Bertz CT molecular complexity index is 552. The highest BCUT2D eigenvalue weighted by atomic mass is 16.8. The molecule has 0 N–H and O–H groups in total. The van der Waals surface area contributed by atoms with E-state index in [1.165, 1.54) is 0 Å². The average molecular weight is 250 g/mol. The van der Waals surface area contributed by atoms with Crippen LogP contribution in [0.1, 0.15) is 25.7 Å². The summed E-state index contributed by atoms with van der Waals surface area (Å²) in [6, 6.07) is 3.36. The van der Waals surface area contributed by atoms with Crippen LogP contribution in [0.2, 0.25) is 0 Å². The van der Waals surface area contributed by atoms with Gasteiger partial charge in [0.25, 0.3) is 5.52 Å². The van der Waals surface area contributed by atoms with Crippen molar-refractivity contribution in [1.29, 1.82) is 0 Å². The van der Waals surface area contributed by atoms with E-state index >= 15 is 0 Å². The van der Waals surface area contributed by atoms with E-state index in [1.807, 2.05) is 0 Å². The van der Waals surface area contributed by atoms with Crippen molar-refractivity contribution in [3.8, 4) is 11.5 Å². The topological polar surface area (TPSA) is 71.4 Å². The van der Waals surface area contributed by atoms with Crippen LogP contribution in [0.25, 0.3) is 11.0 Å². The molecule has 0 amide bonds. The molecule has 18 heavy (non-hydrogen) atoms. The fourth-order valence-electron chi connectivity index (χ4n) is 2.07. The van der Waals surface area contributed by atoms with E-state index in [1.54, 1.807) is 12.1 Å². The van der Waals surface area contributed by atoms with Gasteiger partial charge in [-0.2, -0.15) is 0 Å². The van der Waals surface area contributed by atoms with Crippen molar-refractivity contribution in [1.82, 2.24) is 5.16 Å². The lowest BCUT2D eigenvalue weighted by atomic mass is 10.2. The molecule has 2 aromatic rings. The summed E-state index contributed by atoms with van der Waals surface area (Å²) in [6.45, 7) is 1.25. The molecule has 1 aliphatic heterocycles. The van der Waals surface area contributed by atoms with Crippen molar-refractivity contribution < 1.29 is 19.0 Å². The van der Waals surface area contributed by atoms with Crippen molar-refractivity contribution in [2.75, 3.05) is 13.2 Å². The minimum atomic E-state index is 0.356. The first-order chi connectivity index (χ1) is 8.86. The van der Waals surface area contributed by atoms with Crippen molar-refractivity contribution in [3.63, 3.8) is 0 Å². The smallest absolute Gasteiger partial charge is 0.294 e. The Labute approximate surface area is 104 Å². The van der Waals surface area contributed by atoms with Gasteiger partial charge in [0.15, 0.2) is 5.75 Å². The molecular formula is C12H14N2O4. The van der Waals surface area contributed by atoms with Crippen LogP contribution in [0.4, 0.5) is 0 Å². The van der Waals surface area contributed by atoms with Crippen LogP contribution in [0, 0.1) is 5.21 Å². The van der Waals surface area contributed by atoms with Gasteiger partial charge in [-0.3, -0.25) is 4.63 Å². The minimum absolute atomic E-state index is 0.356. The summed E-state index contributed by atoms with van der Waals surface area (Å²) in [5, 5.41) is 15.1. The number of fused-ring (bicyclic) bond motifs is 3. The van der Waals surface area contributed by atoms with Crippen LogP contribution in [0.5, 0.6) is 11.5 Å². The molecule has 0 aliphatic carbocycles. The van der Waals surface area contributed by atoms with Gasteiger partial charge in [0.05, 0.1) is 18.4 Å². The second-order valence-corrected chi connectivity index (χ2v) is 4.30. The fourth-order valence-corrected chi connectivity index (χ4v) is 2.07. The Balaban J connectivity index is 2.04. The van der Waals surface area contributed by atoms with Crippen molar-refractivity contribution in [2.45, 2.75) is 25.7 Å². The second-order valence-electron chi connectivity index (χ2n) is 4.30. The van der Waals surface area contributed by atoms with Gasteiger partial charge in [0, 0.05) is 0 Å². The molecule has 0 saturated carbocycles. The molecule has 1 aliphatic rings. The van der Waals surface area contributed by atoms with Gasteiger partial charge in [0.1, 0.15) is 0 Å². The summed E-state index contributed by atoms with van der Waals surface area (Å²) >= 11 is 0. The van der Waals surface area contributed by atoms with Gasteiger partial charge in [-0.1, -0.05) is 0 Å². The third-order valence-corrected chi connectivity index (χ3v) is 3.02. The molecule has 0 bridgehead atoms. The van der Waals surface area contributed by atoms with Crippen molar-refractivity contribution in [2.24, 2.45) is 0 Å². The molecule has 0 radical (unpaired) electrons. The minimum Gasteiger partial charge on any atom is -0.490 e. The summed E-state index contributed by atoms with van der Waals surface area (Å²) < 4.78 is 15.9. The quantitative estimate of drug-likeness (QED) is 0.666. The number of hydrogen-bond acceptors (Lipinski definition) is 5. The number of benzene rings is 1. The molecular weight excluding hydrogens is 236 g/mol. The number of nitrogens with zero attached hydrogens (tertiary/aromatic N) is 2. The molecule has 96 valence electrons. The lowest BCUT2D eigenvalue weighted by Crippen LogP contribution is -2.22. The Hall–Kier alpha value is -1.98. The summed E-state index contributed by atoms with van der Waals surface area (Å²) in [7, 11) is 0. The van der Waals surface area contributed by atoms with Gasteiger partial charge in [-0.15, -0.1) is 0 Å². The van der Waals surface area contributed by atoms with E-state index in [9.17, 15) is 5.21 Å². The molecule has 1 aromatic carbocycles. The van der Waals surface area contributed by atoms with E-state index in [4.69, 9.17) is 9.47 Å². The molecule has 0 spiro atoms. The van der Waals surface area contributed by atoms with Crippen molar-refractivity contribution in [3.05, 3.63) is 17.3 Å². The van der Waals surface area contributed by atoms with Gasteiger partial charge in [0.2, 0.25) is 11.3 Å². The van der Waals surface area contributed by atoms with Gasteiger partial charge >= 0.3 is 0 Å². The lowest BCUT2D eigenvalue weighted by molar-refractivity contribution is -0.782. The fraction of sp³-hybridized carbons (Fsp3) is 0.500. The SMILES string of the molecule is [O-][n+]1onc2c3c(ccc21)OCCCCCCO3. The lowest BCUT2D eigenvalue weighted by Gasteiger charge is -2.13. The maximum absolute atomic E-state index is 11.3. The summed E-state index contributed by atoms with van der Waals surface area (Å²) in [6.07, 6.45) is 4.28. The first-order valence-electron chi connectivity index (χ1n) is 6.14. The zero-order valence-corrected chi connectivity index (χ0v) is 9.92. The van der Waals surface area contributed by atoms with Crippen LogP contribution >= 0.6 is 0 Å². The number of aromatic nitrogens is 2. The van der Waals surface area contributed by atoms with Crippen LogP contribution in [0.3, 0.4) is 0 Å². The van der Waals surface area contributed by atoms with Gasteiger partial charge < -0.3 is 14.7 Å². The predicted octanol–water partition coefficient (Wildman–Crippen LogP) is 1.79. The van der Waals surface area contributed by atoms with E-state index in [-0.39, 0.29) is 0 Å². The Morgan fingerprint density at radius 1 is 1.06 bits per heavy atom. The molecule has 0 unspecified atom stereocenters. The maximum atomic E-state index is 11.3. The Kier molecular flexibility index (Phi) is 2.92. The summed E-state index contributed by atoms with van der Waals surface area (Å²) in [4.78, 5) is 0.373. The summed E-state index contributed by atoms with van der Waals surface area (Å²) in [5.41, 5.74) is 0.775. The van der Waals surface area contributed by atoms with Gasteiger partial charge in [-0.05, 0) is 42.7 Å². The molecule has 6 nitrogen and oxygen atoms in total. The summed E-state index contributed by atoms with van der Waals surface area (Å²) in [5.74, 6) is 1.13. The van der Waals surface area contributed by atoms with E-state index in [0.29, 0.717) is 40.6 Å². The Morgan fingerprint density at radius 2 is 1.83 bits per heavy atom. The third kappa shape index (κ3) is 1.94. The zero-order valence-electron chi connectivity index (χ0n) is 9.92. The normalized spacial score (nSPS) is 16.7. The molecule has 0 atom stereocenters. The zero-order chi connectivity index (χ0) is 12.4. The molecule has 2 heterocycles. The van der Waals surface area contributed by atoms with E-state index in [2.05, 4.69) is 9.79 Å². The third-order valence-electron chi connectivity index (χ3n) is 3.02. The van der Waals surface area contributed by atoms with Crippen molar-refractivity contribution >= 4 is 11.0 Å². The average Bonchev–Trinajstić information content (AvgIpc) is 2.77. The van der Waals surface area contributed by atoms with E-state index in [0.717, 1.165) is 25.7 Å². The molecule has 1 aromatic heterocycles. The van der Waals surface area contributed by atoms with Crippen LogP contribution in [-0.2, 0) is 0 Å². The largest absolute Gasteiger partial charge is 0.490 e. The first-order valence-corrected chi connectivity index (χ1v) is 6.14. The highest BCUT2D eigenvalue weighted by Crippen LogP contribution is 2.34. The second kappa shape index (κ2) is 4.72. The van der Waals surface area contributed by atoms with Crippen LogP contribution in [0.15, 0.2) is 16.8 Å². The van der Waals surface area contributed by atoms with Crippen LogP contribution < -0.4 is 14.4 Å². The number of rotatable bonds is 0. The monoisotopic (exact) mass is 250 g/mol. The van der Waals surface area contributed by atoms with Crippen LogP contribution in [-0.4, -0.2) is 18.4 Å². The predicted molar refractivity (Wildman–Crippen MR) is 62.4 cm³/mol. The highest BCUT2D eigenvalue weighted by Gasteiger charge is 2.21. The van der Waals surface area contributed by atoms with Gasteiger partial charge in [-0.25, -0.2) is 0 Å². The molecule has 0 fully saturated rings. The molecule has 0 saturated heterocycles. The molecule has 6 heteroatoms.